The normalized spacial score (nSPS) is 18.5. The van der Waals surface area contributed by atoms with Crippen molar-refractivity contribution in [3.05, 3.63) is 35.4 Å². The predicted octanol–water partition coefficient (Wildman–Crippen LogP) is 0.254. The molecular formula is C14H17N3O4. The fraction of sp³-hybridized carbons (Fsp3) is 0.357. The molecule has 0 aromatic heterocycles. The second kappa shape index (κ2) is 5.82. The number of rotatable bonds is 3. The molecule has 2 unspecified atom stereocenters. The van der Waals surface area contributed by atoms with Crippen LogP contribution in [0, 0.1) is 0 Å². The van der Waals surface area contributed by atoms with E-state index in [1.165, 1.54) is 11.8 Å². The number of carbonyl (C=O) groups is 3. The zero-order valence-electron chi connectivity index (χ0n) is 11.6. The third kappa shape index (κ3) is 3.13. The topological polar surface area (TPSA) is 113 Å². The van der Waals surface area contributed by atoms with E-state index in [2.05, 4.69) is 5.32 Å². The predicted molar refractivity (Wildman–Crippen MR) is 74.4 cm³/mol. The highest BCUT2D eigenvalue weighted by Gasteiger charge is 2.32. The van der Waals surface area contributed by atoms with Crippen LogP contribution in [0.2, 0.25) is 0 Å². The first-order valence-corrected chi connectivity index (χ1v) is 6.55. The van der Waals surface area contributed by atoms with Crippen LogP contribution in [0.3, 0.4) is 0 Å². The van der Waals surface area contributed by atoms with Crippen molar-refractivity contribution in [1.82, 2.24) is 10.2 Å². The summed E-state index contributed by atoms with van der Waals surface area (Å²) in [5.41, 5.74) is 6.61. The highest BCUT2D eigenvalue weighted by Crippen LogP contribution is 2.28. The first kappa shape index (κ1) is 14.8. The van der Waals surface area contributed by atoms with E-state index in [-0.39, 0.29) is 6.54 Å². The highest BCUT2D eigenvalue weighted by atomic mass is 16.4. The van der Waals surface area contributed by atoms with Crippen molar-refractivity contribution < 1.29 is 19.5 Å². The van der Waals surface area contributed by atoms with Crippen LogP contribution in [0.5, 0.6) is 0 Å². The second-order valence-electron chi connectivity index (χ2n) is 5.04. The SMILES string of the molecule is CC(NC(=O)N1Cc2ccccc2C(C(=O)O)C1)C(N)=O. The second-order valence-corrected chi connectivity index (χ2v) is 5.04. The van der Waals surface area contributed by atoms with Gasteiger partial charge in [0.05, 0.1) is 5.92 Å². The summed E-state index contributed by atoms with van der Waals surface area (Å²) in [4.78, 5) is 35.8. The van der Waals surface area contributed by atoms with Gasteiger partial charge in [0.15, 0.2) is 0 Å². The molecular weight excluding hydrogens is 274 g/mol. The molecule has 4 N–H and O–H groups in total. The molecule has 2 atom stereocenters. The van der Waals surface area contributed by atoms with Gasteiger partial charge < -0.3 is 21.1 Å². The summed E-state index contributed by atoms with van der Waals surface area (Å²) >= 11 is 0. The minimum absolute atomic E-state index is 0.0592. The summed E-state index contributed by atoms with van der Waals surface area (Å²) in [5.74, 6) is -2.40. The standard InChI is InChI=1S/C14H17N3O4/c1-8(12(15)18)16-14(21)17-6-9-4-2-3-5-10(9)11(7-17)13(19)20/h2-5,8,11H,6-7H2,1H3,(H2,15,18)(H,16,21)(H,19,20). The largest absolute Gasteiger partial charge is 0.481 e. The Morgan fingerprint density at radius 1 is 1.38 bits per heavy atom. The summed E-state index contributed by atoms with van der Waals surface area (Å²) in [5, 5.41) is 11.8. The summed E-state index contributed by atoms with van der Waals surface area (Å²) in [6.07, 6.45) is 0. The smallest absolute Gasteiger partial charge is 0.318 e. The molecule has 21 heavy (non-hydrogen) atoms. The third-order valence-corrected chi connectivity index (χ3v) is 3.55. The first-order chi connectivity index (χ1) is 9.90. The molecule has 2 rings (SSSR count). The van der Waals surface area contributed by atoms with Crippen LogP contribution in [0.25, 0.3) is 0 Å². The Hall–Kier alpha value is -2.57. The molecule has 0 saturated carbocycles. The Kier molecular flexibility index (Phi) is 4.11. The average Bonchev–Trinajstić information content (AvgIpc) is 2.45. The molecule has 1 aliphatic rings. The van der Waals surface area contributed by atoms with E-state index in [4.69, 9.17) is 5.73 Å². The van der Waals surface area contributed by atoms with Crippen molar-refractivity contribution in [2.75, 3.05) is 6.54 Å². The first-order valence-electron chi connectivity index (χ1n) is 6.55. The fourth-order valence-corrected chi connectivity index (χ4v) is 2.32. The van der Waals surface area contributed by atoms with Gasteiger partial charge in [-0.15, -0.1) is 0 Å². The van der Waals surface area contributed by atoms with Crippen molar-refractivity contribution >= 4 is 17.9 Å². The highest BCUT2D eigenvalue weighted by molar-refractivity contribution is 5.86. The Bertz CT molecular complexity index is 587. The van der Waals surface area contributed by atoms with Crippen LogP contribution < -0.4 is 11.1 Å². The van der Waals surface area contributed by atoms with Gasteiger partial charge in [-0.3, -0.25) is 9.59 Å². The lowest BCUT2D eigenvalue weighted by Crippen LogP contribution is -2.51. The third-order valence-electron chi connectivity index (χ3n) is 3.55. The maximum Gasteiger partial charge on any atom is 0.318 e. The van der Waals surface area contributed by atoms with Crippen LogP contribution in [0.4, 0.5) is 4.79 Å². The van der Waals surface area contributed by atoms with Crippen molar-refractivity contribution in [3.63, 3.8) is 0 Å². The number of nitrogens with zero attached hydrogens (tertiary/aromatic N) is 1. The van der Waals surface area contributed by atoms with Crippen LogP contribution in [-0.4, -0.2) is 40.5 Å². The Balaban J connectivity index is 2.19. The number of aliphatic carboxylic acids is 1. The number of carboxylic acid groups (broad SMARTS) is 1. The molecule has 0 radical (unpaired) electrons. The number of nitrogens with one attached hydrogen (secondary N) is 1. The van der Waals surface area contributed by atoms with Crippen molar-refractivity contribution in [3.8, 4) is 0 Å². The zero-order chi connectivity index (χ0) is 15.6. The van der Waals surface area contributed by atoms with E-state index >= 15 is 0 Å². The maximum atomic E-state index is 12.1. The number of amides is 3. The average molecular weight is 291 g/mol. The summed E-state index contributed by atoms with van der Waals surface area (Å²) in [7, 11) is 0. The minimum Gasteiger partial charge on any atom is -0.481 e. The van der Waals surface area contributed by atoms with Crippen LogP contribution in [0.1, 0.15) is 24.0 Å². The molecule has 1 aliphatic heterocycles. The molecule has 7 nitrogen and oxygen atoms in total. The lowest BCUT2D eigenvalue weighted by Gasteiger charge is -2.33. The Morgan fingerprint density at radius 3 is 2.67 bits per heavy atom. The summed E-state index contributed by atoms with van der Waals surface area (Å²) in [6, 6.07) is 5.82. The number of carboxylic acids is 1. The Morgan fingerprint density at radius 2 is 2.05 bits per heavy atom. The monoisotopic (exact) mass is 291 g/mol. The van der Waals surface area contributed by atoms with Gasteiger partial charge in [-0.05, 0) is 18.1 Å². The molecule has 7 heteroatoms. The number of primary amides is 1. The molecule has 0 aliphatic carbocycles. The van der Waals surface area contributed by atoms with E-state index in [1.807, 2.05) is 0 Å². The van der Waals surface area contributed by atoms with Crippen LogP contribution in [-0.2, 0) is 16.1 Å². The van der Waals surface area contributed by atoms with E-state index in [1.54, 1.807) is 24.3 Å². The van der Waals surface area contributed by atoms with Gasteiger partial charge in [0.1, 0.15) is 6.04 Å². The number of benzene rings is 1. The number of hydrogen-bond donors (Lipinski definition) is 3. The van der Waals surface area contributed by atoms with Gasteiger partial charge in [0.25, 0.3) is 0 Å². The quantitative estimate of drug-likeness (QED) is 0.741. The summed E-state index contributed by atoms with van der Waals surface area (Å²) < 4.78 is 0. The van der Waals surface area contributed by atoms with Crippen molar-refractivity contribution in [2.24, 2.45) is 5.73 Å². The van der Waals surface area contributed by atoms with Crippen molar-refractivity contribution in [2.45, 2.75) is 25.4 Å². The minimum atomic E-state index is -0.983. The number of carbonyl (C=O) groups excluding carboxylic acids is 2. The molecule has 112 valence electrons. The summed E-state index contributed by atoms with van der Waals surface area (Å²) in [6.45, 7) is 1.84. The fourth-order valence-electron chi connectivity index (χ4n) is 2.32. The van der Waals surface area contributed by atoms with Gasteiger partial charge in [0.2, 0.25) is 5.91 Å². The van der Waals surface area contributed by atoms with E-state index < -0.39 is 29.9 Å². The van der Waals surface area contributed by atoms with E-state index in [0.717, 1.165) is 11.1 Å². The van der Waals surface area contributed by atoms with E-state index in [9.17, 15) is 19.5 Å². The molecule has 0 bridgehead atoms. The molecule has 0 fully saturated rings. The van der Waals surface area contributed by atoms with Crippen LogP contribution >= 0.6 is 0 Å². The molecule has 0 spiro atoms. The van der Waals surface area contributed by atoms with Gasteiger partial charge in [-0.1, -0.05) is 24.3 Å². The van der Waals surface area contributed by atoms with Gasteiger partial charge in [0, 0.05) is 13.1 Å². The molecule has 3 amide bonds. The number of hydrogen-bond acceptors (Lipinski definition) is 3. The molecule has 0 saturated heterocycles. The molecule has 1 aromatic rings. The lowest BCUT2D eigenvalue weighted by atomic mass is 9.90. The number of nitrogens with two attached hydrogens (primary N) is 1. The Labute approximate surface area is 121 Å². The van der Waals surface area contributed by atoms with Gasteiger partial charge >= 0.3 is 12.0 Å². The van der Waals surface area contributed by atoms with Crippen LogP contribution in [0.15, 0.2) is 24.3 Å². The lowest BCUT2D eigenvalue weighted by molar-refractivity contribution is -0.139. The van der Waals surface area contributed by atoms with E-state index in [0.29, 0.717) is 6.54 Å². The number of urea groups is 1. The molecule has 1 heterocycles. The molecule has 1 aromatic carbocycles. The zero-order valence-corrected chi connectivity index (χ0v) is 11.6. The number of fused-ring (bicyclic) bond motifs is 1. The van der Waals surface area contributed by atoms with Gasteiger partial charge in [-0.25, -0.2) is 4.79 Å². The van der Waals surface area contributed by atoms with Crippen molar-refractivity contribution in [1.29, 1.82) is 0 Å². The maximum absolute atomic E-state index is 12.1. The van der Waals surface area contributed by atoms with Gasteiger partial charge in [-0.2, -0.15) is 0 Å².